The molecule has 4 nitrogen and oxygen atoms in total. The van der Waals surface area contributed by atoms with Crippen molar-refractivity contribution >= 4 is 76.9 Å². The molecular weight excluding hydrogens is 668 g/mol. The van der Waals surface area contributed by atoms with Crippen LogP contribution in [0.15, 0.2) is 147 Å². The van der Waals surface area contributed by atoms with Crippen molar-refractivity contribution in [3.63, 3.8) is 0 Å². The molecule has 49 heavy (non-hydrogen) atoms. The molecule has 248 valence electrons. The number of benzene rings is 6. The minimum absolute atomic E-state index is 0.164. The highest BCUT2D eigenvalue weighted by Crippen LogP contribution is 2.35. The van der Waals surface area contributed by atoms with Gasteiger partial charge in [0.1, 0.15) is 16.7 Å². The van der Waals surface area contributed by atoms with Crippen molar-refractivity contribution < 1.29 is 8.83 Å². The van der Waals surface area contributed by atoms with Crippen LogP contribution in [0, 0.1) is 0 Å². The highest BCUT2D eigenvalue weighted by atomic mass is 79.9. The third-order valence-corrected chi connectivity index (χ3v) is 9.19. The zero-order valence-corrected chi connectivity index (χ0v) is 30.6. The Morgan fingerprint density at radius 1 is 0.490 bits per heavy atom. The minimum atomic E-state index is 0.164. The lowest BCUT2D eigenvalue weighted by molar-refractivity contribution is 0.590. The van der Waals surface area contributed by atoms with E-state index in [1.165, 1.54) is 16.5 Å². The lowest BCUT2D eigenvalue weighted by Crippen LogP contribution is -2.10. The number of anilines is 3. The van der Waals surface area contributed by atoms with Crippen molar-refractivity contribution in [2.75, 3.05) is 11.1 Å². The summed E-state index contributed by atoms with van der Waals surface area (Å²) in [5.74, 6) is 0. The number of para-hydroxylation sites is 4. The third-order valence-electron chi connectivity index (χ3n) is 8.57. The average molecular weight is 712 g/mol. The molecule has 5 heteroatoms. The fourth-order valence-electron chi connectivity index (χ4n) is 5.75. The van der Waals surface area contributed by atoms with Gasteiger partial charge in [-0.1, -0.05) is 126 Å². The summed E-state index contributed by atoms with van der Waals surface area (Å²) in [6, 6.07) is 45.2. The summed E-state index contributed by atoms with van der Waals surface area (Å²) in [6.07, 6.45) is 0. The number of fused-ring (bicyclic) bond motifs is 6. The molecule has 0 aliphatic rings. The molecule has 0 aliphatic heterocycles. The highest BCUT2D eigenvalue weighted by molar-refractivity contribution is 9.10. The molecule has 2 aromatic heterocycles. The Balaban J connectivity index is 0.000000141. The molecular formula is C44H43BrN2O2. The molecule has 0 saturated heterocycles. The molecule has 0 bridgehead atoms. The fourth-order valence-corrected chi connectivity index (χ4v) is 6.20. The van der Waals surface area contributed by atoms with Crippen molar-refractivity contribution in [2.45, 2.75) is 52.4 Å². The maximum atomic E-state index is 6.07. The largest absolute Gasteiger partial charge is 0.455 e. The zero-order chi connectivity index (χ0) is 34.8. The van der Waals surface area contributed by atoms with Gasteiger partial charge in [0.2, 0.25) is 0 Å². The number of nitrogens with one attached hydrogen (secondary N) is 1. The fraction of sp³-hybridized carbons (Fsp3) is 0.182. The van der Waals surface area contributed by atoms with Gasteiger partial charge in [-0.05, 0) is 86.4 Å². The molecule has 0 radical (unpaired) electrons. The van der Waals surface area contributed by atoms with Crippen LogP contribution < -0.4 is 11.1 Å². The van der Waals surface area contributed by atoms with Gasteiger partial charge in [0, 0.05) is 32.9 Å². The third kappa shape index (κ3) is 7.68. The molecule has 0 unspecified atom stereocenters. The van der Waals surface area contributed by atoms with E-state index in [4.69, 9.17) is 14.6 Å². The van der Waals surface area contributed by atoms with Gasteiger partial charge in [0.15, 0.2) is 5.58 Å². The van der Waals surface area contributed by atoms with Gasteiger partial charge in [-0.25, -0.2) is 0 Å². The van der Waals surface area contributed by atoms with Crippen LogP contribution in [0.1, 0.15) is 52.7 Å². The normalized spacial score (nSPS) is 11.7. The molecule has 0 aliphatic carbocycles. The van der Waals surface area contributed by atoms with Crippen LogP contribution in [-0.2, 0) is 10.8 Å². The van der Waals surface area contributed by atoms with Crippen molar-refractivity contribution in [1.82, 2.24) is 0 Å². The van der Waals surface area contributed by atoms with E-state index < -0.39 is 0 Å². The number of furan rings is 2. The summed E-state index contributed by atoms with van der Waals surface area (Å²) < 4.78 is 12.8. The second-order valence-corrected chi connectivity index (χ2v) is 15.2. The summed E-state index contributed by atoms with van der Waals surface area (Å²) in [7, 11) is 0. The second kappa shape index (κ2) is 13.9. The first-order valence-corrected chi connectivity index (χ1v) is 17.4. The molecule has 0 amide bonds. The number of hydrogen-bond donors (Lipinski definition) is 2. The van der Waals surface area contributed by atoms with Crippen LogP contribution in [0.25, 0.3) is 43.9 Å². The molecule has 2 heterocycles. The molecule has 3 N–H and O–H groups in total. The van der Waals surface area contributed by atoms with Crippen molar-refractivity contribution in [2.24, 2.45) is 0 Å². The Hall–Kier alpha value is -5.00. The lowest BCUT2D eigenvalue weighted by Gasteiger charge is -2.19. The lowest BCUT2D eigenvalue weighted by atomic mass is 9.87. The van der Waals surface area contributed by atoms with Crippen LogP contribution in [0.4, 0.5) is 17.1 Å². The summed E-state index contributed by atoms with van der Waals surface area (Å²) in [6.45, 7) is 13.3. The van der Waals surface area contributed by atoms with E-state index in [1.807, 2.05) is 60.7 Å². The maximum Gasteiger partial charge on any atom is 0.158 e. The Kier molecular flexibility index (Phi) is 9.58. The first-order valence-electron chi connectivity index (χ1n) is 16.6. The SMILES string of the molecule is Brc1cccc2c1oc1ccccc12.CC(C)(C)c1ccc(N)cc1.CC(C)(C)c1ccc(Nc2cccc3c2oc2ccccc23)cc1. The number of halogens is 1. The molecule has 0 spiro atoms. The monoisotopic (exact) mass is 710 g/mol. The molecule has 8 rings (SSSR count). The second-order valence-electron chi connectivity index (χ2n) is 14.3. The van der Waals surface area contributed by atoms with E-state index in [1.54, 1.807) is 0 Å². The maximum absolute atomic E-state index is 6.07. The van der Waals surface area contributed by atoms with Gasteiger partial charge in [0.25, 0.3) is 0 Å². The predicted molar refractivity (Wildman–Crippen MR) is 213 cm³/mol. The van der Waals surface area contributed by atoms with E-state index in [-0.39, 0.29) is 10.8 Å². The van der Waals surface area contributed by atoms with Crippen LogP contribution in [0.2, 0.25) is 0 Å². The zero-order valence-electron chi connectivity index (χ0n) is 29.0. The number of rotatable bonds is 2. The van der Waals surface area contributed by atoms with Gasteiger partial charge in [-0.2, -0.15) is 0 Å². The van der Waals surface area contributed by atoms with E-state index in [2.05, 4.69) is 136 Å². The molecule has 0 atom stereocenters. The van der Waals surface area contributed by atoms with Crippen LogP contribution in [0.3, 0.4) is 0 Å². The molecule has 6 aromatic carbocycles. The first-order chi connectivity index (χ1) is 23.4. The summed E-state index contributed by atoms with van der Waals surface area (Å²) in [5.41, 5.74) is 15.2. The van der Waals surface area contributed by atoms with Crippen LogP contribution >= 0.6 is 15.9 Å². The molecule has 8 aromatic rings. The van der Waals surface area contributed by atoms with E-state index >= 15 is 0 Å². The number of nitrogen functional groups attached to an aromatic ring is 1. The van der Waals surface area contributed by atoms with Crippen molar-refractivity contribution in [1.29, 1.82) is 0 Å². The summed E-state index contributed by atoms with van der Waals surface area (Å²) in [4.78, 5) is 0. The Labute approximate surface area is 297 Å². The molecule has 0 fully saturated rings. The Bertz CT molecular complexity index is 2340. The van der Waals surface area contributed by atoms with Crippen LogP contribution in [-0.4, -0.2) is 0 Å². The Morgan fingerprint density at radius 2 is 0.939 bits per heavy atom. The predicted octanol–water partition coefficient (Wildman–Crippen LogP) is 13.5. The number of hydrogen-bond acceptors (Lipinski definition) is 4. The van der Waals surface area contributed by atoms with Gasteiger partial charge >= 0.3 is 0 Å². The van der Waals surface area contributed by atoms with Crippen molar-refractivity contribution in [3.8, 4) is 0 Å². The van der Waals surface area contributed by atoms with Gasteiger partial charge in [-0.3, -0.25) is 0 Å². The van der Waals surface area contributed by atoms with Gasteiger partial charge < -0.3 is 19.9 Å². The van der Waals surface area contributed by atoms with Crippen molar-refractivity contribution in [3.05, 3.63) is 149 Å². The number of nitrogens with two attached hydrogens (primary N) is 1. The quantitative estimate of drug-likeness (QED) is 0.175. The summed E-state index contributed by atoms with van der Waals surface area (Å²) in [5, 5.41) is 8.12. The topological polar surface area (TPSA) is 64.3 Å². The van der Waals surface area contributed by atoms with E-state index in [0.717, 1.165) is 60.0 Å². The van der Waals surface area contributed by atoms with E-state index in [9.17, 15) is 0 Å². The smallest absolute Gasteiger partial charge is 0.158 e. The summed E-state index contributed by atoms with van der Waals surface area (Å²) >= 11 is 3.48. The van der Waals surface area contributed by atoms with Gasteiger partial charge in [0.05, 0.1) is 10.2 Å². The minimum Gasteiger partial charge on any atom is -0.455 e. The standard InChI is InChI=1S/C22H21NO.C12H7BrO.C10H15N/c1-22(2,3)15-11-13-16(14-12-15)23-19-9-6-8-18-17-7-4-5-10-20(17)24-21(18)19;13-10-6-3-5-9-8-4-1-2-7-11(8)14-12(9)10;1-10(2,3)8-4-6-9(11)7-5-8/h4-14,23H,1-3H3;1-7H;4-7H,11H2,1-3H3. The van der Waals surface area contributed by atoms with E-state index in [0.29, 0.717) is 0 Å². The average Bonchev–Trinajstić information content (AvgIpc) is 3.65. The van der Waals surface area contributed by atoms with Gasteiger partial charge in [-0.15, -0.1) is 0 Å². The molecule has 0 saturated carbocycles. The first kappa shape index (κ1) is 33.9. The highest BCUT2D eigenvalue weighted by Gasteiger charge is 2.15. The van der Waals surface area contributed by atoms with Crippen LogP contribution in [0.5, 0.6) is 0 Å². The Morgan fingerprint density at radius 3 is 1.49 bits per heavy atom.